The van der Waals surface area contributed by atoms with Gasteiger partial charge >= 0.3 is 17.9 Å². The summed E-state index contributed by atoms with van der Waals surface area (Å²) in [6.45, 7) is 8.56. The van der Waals surface area contributed by atoms with Crippen LogP contribution in [0.1, 0.15) is 101 Å². The van der Waals surface area contributed by atoms with Crippen molar-refractivity contribution < 1.29 is 38.4 Å². The number of halogens is 1. The van der Waals surface area contributed by atoms with E-state index in [4.69, 9.17) is 30.5 Å². The zero-order chi connectivity index (χ0) is 36.2. The number of aliphatic hydroxyl groups is 1. The molecule has 3 aromatic rings. The van der Waals surface area contributed by atoms with E-state index in [1.807, 2.05) is 54.6 Å². The summed E-state index contributed by atoms with van der Waals surface area (Å²) in [5.74, 6) is -2.80. The molecule has 1 N–H and O–H groups in total. The van der Waals surface area contributed by atoms with Gasteiger partial charge in [0.25, 0.3) is 0 Å². The number of benzene rings is 3. The highest BCUT2D eigenvalue weighted by Gasteiger charge is 2.48. The Hall–Kier alpha value is -4.18. The van der Waals surface area contributed by atoms with Crippen molar-refractivity contribution in [2.75, 3.05) is 26.2 Å². The molecule has 5 rings (SSSR count). The molecule has 2 aliphatic heterocycles. The van der Waals surface area contributed by atoms with Gasteiger partial charge in [0.05, 0.1) is 24.5 Å². The minimum atomic E-state index is -2.42. The minimum absolute atomic E-state index is 0.121. The molecule has 2 heterocycles. The van der Waals surface area contributed by atoms with Crippen LogP contribution in [-0.4, -0.2) is 59.8 Å². The topological polar surface area (TPSA) is 112 Å². The number of carbonyl (C=O) groups excluding carboxylic acids is 3. The lowest BCUT2D eigenvalue weighted by atomic mass is 9.92. The first kappa shape index (κ1) is 38.1. The van der Waals surface area contributed by atoms with Crippen LogP contribution >= 0.6 is 11.6 Å². The van der Waals surface area contributed by atoms with Gasteiger partial charge < -0.3 is 29.0 Å². The van der Waals surface area contributed by atoms with Crippen LogP contribution in [0.15, 0.2) is 66.7 Å². The quantitative estimate of drug-likeness (QED) is 0.0601. The maximum absolute atomic E-state index is 13.0. The average molecular weight is 718 g/mol. The van der Waals surface area contributed by atoms with Crippen molar-refractivity contribution in [3.05, 3.63) is 83.4 Å². The number of rotatable bonds is 18. The number of esters is 3. The molecular formula is C41H48ClNO8. The van der Waals surface area contributed by atoms with Gasteiger partial charge in [-0.25, -0.2) is 4.79 Å². The summed E-state index contributed by atoms with van der Waals surface area (Å²) in [6.07, 6.45) is 9.53. The third-order valence-corrected chi connectivity index (χ3v) is 9.81. The van der Waals surface area contributed by atoms with Crippen LogP contribution in [0, 0.1) is 0 Å². The Morgan fingerprint density at radius 2 is 1.33 bits per heavy atom. The van der Waals surface area contributed by atoms with Gasteiger partial charge in [0.15, 0.2) is 17.1 Å². The van der Waals surface area contributed by atoms with Crippen molar-refractivity contribution in [3.63, 3.8) is 0 Å². The van der Waals surface area contributed by atoms with Gasteiger partial charge in [-0.1, -0.05) is 113 Å². The molecule has 1 atom stereocenters. The number of carbonyl (C=O) groups is 3. The van der Waals surface area contributed by atoms with E-state index in [0.29, 0.717) is 39.7 Å². The summed E-state index contributed by atoms with van der Waals surface area (Å²) in [6, 6.07) is 19.7. The van der Waals surface area contributed by atoms with Crippen LogP contribution in [0.3, 0.4) is 0 Å². The normalized spacial score (nSPS) is 17.5. The molecule has 0 fully saturated rings. The van der Waals surface area contributed by atoms with Crippen molar-refractivity contribution in [2.24, 2.45) is 0 Å². The molecule has 2 bridgehead atoms. The van der Waals surface area contributed by atoms with Crippen LogP contribution in [-0.2, 0) is 14.4 Å². The monoisotopic (exact) mass is 717 g/mol. The van der Waals surface area contributed by atoms with E-state index < -0.39 is 36.4 Å². The Balaban J connectivity index is 1.25. The summed E-state index contributed by atoms with van der Waals surface area (Å²) in [5, 5.41) is 11.2. The predicted octanol–water partition coefficient (Wildman–Crippen LogP) is 8.33. The number of unbranched alkanes of at least 4 members (excludes halogenated alkanes) is 8. The first-order valence-corrected chi connectivity index (χ1v) is 18.5. The fraction of sp³-hybridized carbons (Fsp3) is 0.439. The fourth-order valence-corrected chi connectivity index (χ4v) is 6.79. The Morgan fingerprint density at radius 1 is 0.725 bits per heavy atom. The second kappa shape index (κ2) is 18.4. The SMILES string of the molecule is CCN(CC)CCCCCCCCCCCOc1ccc(/C(=C(/Cl)c2ccccc2)c2ccc3c4c2OC(=O)CC(O)(CC(=O)O3)C(=O)O4)cc1. The molecular weight excluding hydrogens is 670 g/mol. The lowest BCUT2D eigenvalue weighted by Gasteiger charge is -2.30. The Morgan fingerprint density at radius 3 is 1.98 bits per heavy atom. The smallest absolute Gasteiger partial charge is 0.345 e. The van der Waals surface area contributed by atoms with E-state index >= 15 is 0 Å². The highest BCUT2D eigenvalue weighted by atomic mass is 35.5. The number of fused-ring (bicyclic) bond motifs is 2. The van der Waals surface area contributed by atoms with Gasteiger partial charge in [0, 0.05) is 11.1 Å². The van der Waals surface area contributed by atoms with Gasteiger partial charge in [0.1, 0.15) is 5.75 Å². The standard InChI is InChI=1S/C41H48ClNO8/c1-3-43(4-2)25-15-10-8-6-5-7-9-11-16-26-48-31-21-19-29(20-22-31)36(37(42)30-17-13-12-14-18-30)32-23-24-33-39-38(32)50-35(45)28-41(47,40(46)51-39)27-34(44)49-33/h12-14,17-24,47H,3-11,15-16,25-28H2,1-2H3/b37-36-. The lowest BCUT2D eigenvalue weighted by Crippen LogP contribution is -2.48. The van der Waals surface area contributed by atoms with E-state index in [1.165, 1.54) is 57.6 Å². The number of nitrogens with zero attached hydrogens (tertiary/aromatic N) is 1. The Bertz CT molecular complexity index is 1690. The van der Waals surface area contributed by atoms with Gasteiger partial charge in [-0.2, -0.15) is 0 Å². The third kappa shape index (κ3) is 10.00. The van der Waals surface area contributed by atoms with E-state index in [-0.39, 0.29) is 17.2 Å². The Labute approximate surface area is 305 Å². The molecule has 9 nitrogen and oxygen atoms in total. The predicted molar refractivity (Wildman–Crippen MR) is 197 cm³/mol. The molecule has 0 amide bonds. The van der Waals surface area contributed by atoms with Crippen molar-refractivity contribution in [2.45, 2.75) is 90.1 Å². The molecule has 272 valence electrons. The molecule has 0 aliphatic carbocycles. The summed E-state index contributed by atoms with van der Waals surface area (Å²) < 4.78 is 22.7. The van der Waals surface area contributed by atoms with Gasteiger partial charge in [-0.15, -0.1) is 0 Å². The van der Waals surface area contributed by atoms with E-state index in [0.717, 1.165) is 25.9 Å². The van der Waals surface area contributed by atoms with Crippen LogP contribution in [0.25, 0.3) is 10.6 Å². The second-order valence-electron chi connectivity index (χ2n) is 13.1. The molecule has 10 heteroatoms. The lowest BCUT2D eigenvalue weighted by molar-refractivity contribution is -0.170. The molecule has 3 aromatic carbocycles. The molecule has 0 saturated carbocycles. The van der Waals surface area contributed by atoms with Crippen molar-refractivity contribution >= 4 is 40.1 Å². The van der Waals surface area contributed by atoms with Crippen LogP contribution < -0.4 is 18.9 Å². The number of hydrogen-bond donors (Lipinski definition) is 1. The van der Waals surface area contributed by atoms with Gasteiger partial charge in [-0.05, 0) is 67.9 Å². The minimum Gasteiger partial charge on any atom is -0.494 e. The van der Waals surface area contributed by atoms with Crippen LogP contribution in [0.2, 0.25) is 0 Å². The Kier molecular flexibility index (Phi) is 13.7. The third-order valence-electron chi connectivity index (χ3n) is 9.40. The summed E-state index contributed by atoms with van der Waals surface area (Å²) in [5.41, 5.74) is -0.258. The molecule has 51 heavy (non-hydrogen) atoms. The van der Waals surface area contributed by atoms with Crippen LogP contribution in [0.4, 0.5) is 0 Å². The molecule has 2 aliphatic rings. The second-order valence-corrected chi connectivity index (χ2v) is 13.5. The molecule has 0 saturated heterocycles. The average Bonchev–Trinajstić information content (AvgIpc) is 3.12. The highest BCUT2D eigenvalue weighted by molar-refractivity contribution is 6.53. The summed E-state index contributed by atoms with van der Waals surface area (Å²) in [7, 11) is 0. The fourth-order valence-electron chi connectivity index (χ4n) is 6.45. The highest BCUT2D eigenvalue weighted by Crippen LogP contribution is 2.49. The number of ether oxygens (including phenoxy) is 4. The van der Waals surface area contributed by atoms with Crippen molar-refractivity contribution in [1.29, 1.82) is 0 Å². The maximum Gasteiger partial charge on any atom is 0.345 e. The van der Waals surface area contributed by atoms with E-state index in [2.05, 4.69) is 18.7 Å². The summed E-state index contributed by atoms with van der Waals surface area (Å²) in [4.78, 5) is 41.1. The van der Waals surface area contributed by atoms with Crippen molar-refractivity contribution in [3.8, 4) is 23.0 Å². The van der Waals surface area contributed by atoms with E-state index in [1.54, 1.807) is 6.07 Å². The zero-order valence-corrected chi connectivity index (χ0v) is 30.3. The maximum atomic E-state index is 13.0. The largest absolute Gasteiger partial charge is 0.494 e. The first-order valence-electron chi connectivity index (χ1n) is 18.2. The summed E-state index contributed by atoms with van der Waals surface area (Å²) >= 11 is 7.10. The zero-order valence-electron chi connectivity index (χ0n) is 29.6. The molecule has 1 unspecified atom stereocenters. The molecule has 0 spiro atoms. The number of hydrogen-bond acceptors (Lipinski definition) is 9. The van der Waals surface area contributed by atoms with Crippen molar-refractivity contribution in [1.82, 2.24) is 4.90 Å². The molecule has 0 aromatic heterocycles. The van der Waals surface area contributed by atoms with Gasteiger partial charge in [-0.3, -0.25) is 9.59 Å². The van der Waals surface area contributed by atoms with E-state index in [9.17, 15) is 19.5 Å². The first-order chi connectivity index (χ1) is 24.7. The van der Waals surface area contributed by atoms with Crippen LogP contribution in [0.5, 0.6) is 23.0 Å². The van der Waals surface area contributed by atoms with Gasteiger partial charge in [0.2, 0.25) is 5.75 Å². The molecule has 0 radical (unpaired) electrons.